The third-order valence-corrected chi connectivity index (χ3v) is 29.4. The van der Waals surface area contributed by atoms with Crippen LogP contribution in [0, 0.1) is 0 Å². The van der Waals surface area contributed by atoms with Crippen molar-refractivity contribution in [1.82, 2.24) is 26.9 Å². The fraction of sp³-hybridized carbons (Fsp3) is 0.0769. The standard InChI is InChI=1S/3C39H26N2/c1-39(2)31-17-9-6-14-24(31)27-20-30-35(22-32(27)39)41-34-19-11-8-16-26(34)29-21-28-25-15-7-10-18-33(25)40(23-12-4-3-5-13-23)37(28)36(30)38(29)41;1-39(2)30-17-9-6-14-24(30)27-20-29-34(22-31(27)39)41-32-18-10-7-15-25(32)28-21-35-36(37(29)38(28)41)26-16-8-11-19-33(26)40(35)23-12-4-3-5-13-23;1-39(2)30-17-9-6-14-24(30)27-20-28-29-21-35-36(25-15-7-10-18-32(25)40(35)23-12-4-3-5-13-23)37-26-16-8-11-19-33(26)41(38(29)37)34(28)22-31(27)39/h3*3-22H,1-2H3. The molecular weight excluding hydrogens is 1490 g/mol. The Labute approximate surface area is 707 Å². The molecule has 0 radical (unpaired) electrons. The first-order valence-electron chi connectivity index (χ1n) is 43.4. The number of hydrogen-bond donors (Lipinski definition) is 0. The quantitative estimate of drug-likeness (QED) is 0.169. The predicted molar refractivity (Wildman–Crippen MR) is 519 cm³/mol. The van der Waals surface area contributed by atoms with E-state index >= 15 is 0 Å². The lowest BCUT2D eigenvalue weighted by molar-refractivity contribution is 0.661. The van der Waals surface area contributed by atoms with Crippen molar-refractivity contribution in [2.75, 3.05) is 0 Å². The molecule has 9 heterocycles. The van der Waals surface area contributed by atoms with Crippen LogP contribution in [0.15, 0.2) is 364 Å². The zero-order valence-corrected chi connectivity index (χ0v) is 68.8. The fourth-order valence-electron chi connectivity index (χ4n) is 24.2. The molecule has 0 unspecified atom stereocenters. The van der Waals surface area contributed by atoms with E-state index in [1.165, 1.54) is 264 Å². The van der Waals surface area contributed by atoms with Crippen molar-refractivity contribution in [3.63, 3.8) is 0 Å². The van der Waals surface area contributed by atoms with Gasteiger partial charge in [0.15, 0.2) is 0 Å². The van der Waals surface area contributed by atoms with Crippen LogP contribution < -0.4 is 0 Å². The number of hydrogen-bond acceptors (Lipinski definition) is 0. The first-order valence-corrected chi connectivity index (χ1v) is 43.4. The first kappa shape index (κ1) is 67.6. The van der Waals surface area contributed by atoms with Crippen molar-refractivity contribution < 1.29 is 0 Å². The molecule has 0 bridgehead atoms. The number of nitrogens with zero attached hydrogens (tertiary/aromatic N) is 6. The summed E-state index contributed by atoms with van der Waals surface area (Å²) in [7, 11) is 0. The van der Waals surface area contributed by atoms with Gasteiger partial charge in [-0.15, -0.1) is 0 Å². The van der Waals surface area contributed by atoms with Gasteiger partial charge in [-0.25, -0.2) is 0 Å². The van der Waals surface area contributed by atoms with E-state index in [1.807, 2.05) is 0 Å². The molecule has 0 atom stereocenters. The molecular formula is C117H78N6. The molecule has 576 valence electrons. The summed E-state index contributed by atoms with van der Waals surface area (Å²) >= 11 is 0. The van der Waals surface area contributed by atoms with Crippen molar-refractivity contribution in [2.24, 2.45) is 0 Å². The van der Waals surface area contributed by atoms with E-state index in [9.17, 15) is 0 Å². The Balaban J connectivity index is 0.0000000946. The molecule has 0 saturated heterocycles. The fourth-order valence-corrected chi connectivity index (χ4v) is 24.2. The van der Waals surface area contributed by atoms with Crippen molar-refractivity contribution in [3.8, 4) is 50.4 Å². The molecule has 0 spiro atoms. The maximum atomic E-state index is 2.54. The van der Waals surface area contributed by atoms with Crippen LogP contribution >= 0.6 is 0 Å². The summed E-state index contributed by atoms with van der Waals surface area (Å²) in [4.78, 5) is 0. The van der Waals surface area contributed by atoms with E-state index in [0.717, 1.165) is 0 Å². The molecule has 9 aromatic heterocycles. The molecule has 6 nitrogen and oxygen atoms in total. The van der Waals surface area contributed by atoms with Crippen LogP contribution in [0.3, 0.4) is 0 Å². The van der Waals surface area contributed by atoms with Gasteiger partial charge in [0, 0.05) is 130 Å². The molecule has 0 saturated carbocycles. The van der Waals surface area contributed by atoms with E-state index in [-0.39, 0.29) is 16.2 Å². The maximum Gasteiger partial charge on any atom is 0.0642 e. The first-order chi connectivity index (χ1) is 60.4. The minimum absolute atomic E-state index is 0.0391. The normalized spacial score (nSPS) is 14.3. The molecule has 3 aliphatic rings. The Bertz CT molecular complexity index is 9280. The van der Waals surface area contributed by atoms with Gasteiger partial charge in [0.2, 0.25) is 0 Å². The minimum atomic E-state index is -0.0495. The molecule has 30 rings (SSSR count). The summed E-state index contributed by atoms with van der Waals surface area (Å²) in [5.41, 5.74) is 39.4. The van der Waals surface area contributed by atoms with Gasteiger partial charge < -0.3 is 26.9 Å². The highest BCUT2D eigenvalue weighted by Crippen LogP contribution is 2.58. The van der Waals surface area contributed by atoms with Crippen LogP contribution in [0.4, 0.5) is 0 Å². The second-order valence-electron chi connectivity index (χ2n) is 36.5. The van der Waals surface area contributed by atoms with Gasteiger partial charge in [-0.2, -0.15) is 0 Å². The topological polar surface area (TPSA) is 28.0 Å². The lowest BCUT2D eigenvalue weighted by Crippen LogP contribution is -2.14. The Morgan fingerprint density at radius 1 is 0.154 bits per heavy atom. The van der Waals surface area contributed by atoms with E-state index < -0.39 is 0 Å². The lowest BCUT2D eigenvalue weighted by atomic mass is 9.82. The summed E-state index contributed by atoms with van der Waals surface area (Å²) in [6.45, 7) is 14.3. The number of aromatic nitrogens is 6. The summed E-state index contributed by atoms with van der Waals surface area (Å²) in [6.07, 6.45) is 0. The monoisotopic (exact) mass is 1570 g/mol. The molecule has 27 aromatic rings. The average molecular weight is 1570 g/mol. The van der Waals surface area contributed by atoms with E-state index in [1.54, 1.807) is 0 Å². The highest BCUT2D eigenvalue weighted by atomic mass is 15.0. The molecule has 6 heteroatoms. The van der Waals surface area contributed by atoms with E-state index in [4.69, 9.17) is 0 Å². The highest BCUT2D eigenvalue weighted by Gasteiger charge is 2.41. The van der Waals surface area contributed by atoms with Crippen LogP contribution in [-0.2, 0) is 16.2 Å². The van der Waals surface area contributed by atoms with Gasteiger partial charge >= 0.3 is 0 Å². The second-order valence-corrected chi connectivity index (χ2v) is 36.5. The van der Waals surface area contributed by atoms with Gasteiger partial charge in [0.05, 0.1) is 82.8 Å². The van der Waals surface area contributed by atoms with Crippen LogP contribution in [-0.4, -0.2) is 26.9 Å². The van der Waals surface area contributed by atoms with Gasteiger partial charge in [-0.05, 0) is 194 Å². The lowest BCUT2D eigenvalue weighted by Gasteiger charge is -2.21. The molecule has 123 heavy (non-hydrogen) atoms. The highest BCUT2D eigenvalue weighted by molar-refractivity contribution is 6.39. The SMILES string of the molecule is CC1(C)c2ccccc2-c2cc3c4c5c(cc6c7ccccc7n(c3cc21)c64)c1ccccc1n5-c1ccccc1.CC1(C)c2ccccc2-c2cc3c4c5c6ccccc6n(-c6ccccc6)c5cc5c6ccccc6n(c3cc21)c54.CC1(C)c2ccccc2-c2cc3c4cc5c(c6ccccc6n5-c5ccccc5)c5c6ccccc6n(c3cc21)c45. The predicted octanol–water partition coefficient (Wildman–Crippen LogP) is 30.7. The second kappa shape index (κ2) is 23.6. The van der Waals surface area contributed by atoms with Crippen LogP contribution in [0.5, 0.6) is 0 Å². The third-order valence-electron chi connectivity index (χ3n) is 29.4. The number of fused-ring (bicyclic) bond motifs is 39. The van der Waals surface area contributed by atoms with Crippen molar-refractivity contribution in [1.29, 1.82) is 0 Å². The van der Waals surface area contributed by atoms with Gasteiger partial charge in [-0.3, -0.25) is 0 Å². The average Bonchev–Trinajstić information content (AvgIpc) is 1.52. The Hall–Kier alpha value is -15.2. The smallest absolute Gasteiger partial charge is 0.0642 e. The molecule has 3 aliphatic carbocycles. The van der Waals surface area contributed by atoms with E-state index in [2.05, 4.69) is 432 Å². The Morgan fingerprint density at radius 2 is 0.431 bits per heavy atom. The Kier molecular flexibility index (Phi) is 13.0. The van der Waals surface area contributed by atoms with Gasteiger partial charge in [0.1, 0.15) is 0 Å². The van der Waals surface area contributed by atoms with Gasteiger partial charge in [0.25, 0.3) is 0 Å². The summed E-state index contributed by atoms with van der Waals surface area (Å²) in [5, 5.41) is 23.8. The zero-order chi connectivity index (χ0) is 81.1. The van der Waals surface area contributed by atoms with Crippen LogP contribution in [0.2, 0.25) is 0 Å². The third kappa shape index (κ3) is 8.48. The molecule has 0 amide bonds. The molecule has 0 N–H and O–H groups in total. The molecule has 18 aromatic carbocycles. The summed E-state index contributed by atoms with van der Waals surface area (Å²) < 4.78 is 15.0. The molecule has 0 aliphatic heterocycles. The Morgan fingerprint density at radius 3 is 0.862 bits per heavy atom. The van der Waals surface area contributed by atoms with Crippen molar-refractivity contribution in [3.05, 3.63) is 397 Å². The zero-order valence-electron chi connectivity index (χ0n) is 68.8. The largest absolute Gasteiger partial charge is 0.309 e. The molecule has 0 fully saturated rings. The van der Waals surface area contributed by atoms with E-state index in [0.29, 0.717) is 0 Å². The summed E-state index contributed by atoms with van der Waals surface area (Å²) in [6, 6.07) is 135. The van der Waals surface area contributed by atoms with Crippen molar-refractivity contribution >= 4 is 180 Å². The van der Waals surface area contributed by atoms with Gasteiger partial charge in [-0.1, -0.05) is 278 Å². The van der Waals surface area contributed by atoms with Crippen LogP contribution in [0.25, 0.3) is 230 Å². The number of rotatable bonds is 3. The minimum Gasteiger partial charge on any atom is -0.309 e. The van der Waals surface area contributed by atoms with Crippen LogP contribution in [0.1, 0.15) is 74.9 Å². The number of para-hydroxylation sites is 9. The number of benzene rings is 18. The maximum absolute atomic E-state index is 2.54. The van der Waals surface area contributed by atoms with Crippen molar-refractivity contribution in [2.45, 2.75) is 57.8 Å². The summed E-state index contributed by atoms with van der Waals surface area (Å²) in [5.74, 6) is 0.